The average Bonchev–Trinajstić information content (AvgIpc) is 3.38. The van der Waals surface area contributed by atoms with Crippen molar-refractivity contribution in [2.75, 3.05) is 0 Å². The number of amides is 2. The van der Waals surface area contributed by atoms with Crippen LogP contribution in [0.25, 0.3) is 0 Å². The molecule has 0 spiro atoms. The lowest BCUT2D eigenvalue weighted by molar-refractivity contribution is -0.122. The lowest BCUT2D eigenvalue weighted by Gasteiger charge is -2.15. The minimum absolute atomic E-state index is 0.263. The van der Waals surface area contributed by atoms with E-state index in [-0.39, 0.29) is 25.0 Å². The molecule has 0 aliphatic heterocycles. The quantitative estimate of drug-likeness (QED) is 0.622. The Bertz CT molecular complexity index is 878. The molecule has 1 unspecified atom stereocenters. The summed E-state index contributed by atoms with van der Waals surface area (Å²) < 4.78 is 10.9. The molecule has 2 aromatic heterocycles. The zero-order valence-corrected chi connectivity index (χ0v) is 15.5. The summed E-state index contributed by atoms with van der Waals surface area (Å²) >= 11 is 1.48. The monoisotopic (exact) mass is 385 g/mol. The summed E-state index contributed by atoms with van der Waals surface area (Å²) in [6, 6.07) is 9.69. The number of carbonyl (C=O) groups is 2. The fourth-order valence-electron chi connectivity index (χ4n) is 2.32. The van der Waals surface area contributed by atoms with Gasteiger partial charge in [0.05, 0.1) is 29.6 Å². The smallest absolute Gasteiger partial charge is 0.255 e. The van der Waals surface area contributed by atoms with Crippen LogP contribution in [0.4, 0.5) is 0 Å². The van der Waals surface area contributed by atoms with Gasteiger partial charge in [-0.2, -0.15) is 0 Å². The molecule has 8 heteroatoms. The molecule has 0 saturated carbocycles. The van der Waals surface area contributed by atoms with E-state index in [0.29, 0.717) is 17.1 Å². The molecule has 27 heavy (non-hydrogen) atoms. The van der Waals surface area contributed by atoms with E-state index < -0.39 is 6.04 Å². The Labute approximate surface area is 160 Å². The first kappa shape index (κ1) is 18.7. The normalized spacial score (nSPS) is 11.6. The zero-order chi connectivity index (χ0) is 19.1. The van der Waals surface area contributed by atoms with Crippen molar-refractivity contribution in [3.63, 3.8) is 0 Å². The molecule has 0 saturated heterocycles. The molecule has 1 atom stereocenters. The van der Waals surface area contributed by atoms with Gasteiger partial charge in [-0.05, 0) is 31.2 Å². The molecule has 0 aliphatic rings. The van der Waals surface area contributed by atoms with Crippen LogP contribution in [0, 0.1) is 0 Å². The largest absolute Gasteiger partial charge is 0.486 e. The van der Waals surface area contributed by atoms with Crippen LogP contribution in [0.2, 0.25) is 0 Å². The van der Waals surface area contributed by atoms with Gasteiger partial charge in [0.2, 0.25) is 5.91 Å². The molecule has 2 amide bonds. The third kappa shape index (κ3) is 5.18. The number of carbonyl (C=O) groups excluding carboxylic acids is 2. The molecule has 0 fully saturated rings. The number of nitrogens with zero attached hydrogens (tertiary/aromatic N) is 1. The van der Waals surface area contributed by atoms with Gasteiger partial charge in [0.1, 0.15) is 24.2 Å². The maximum absolute atomic E-state index is 12.6. The van der Waals surface area contributed by atoms with Gasteiger partial charge in [0, 0.05) is 5.38 Å². The van der Waals surface area contributed by atoms with Crippen molar-refractivity contribution in [2.24, 2.45) is 0 Å². The van der Waals surface area contributed by atoms with Crippen LogP contribution in [-0.4, -0.2) is 22.8 Å². The van der Waals surface area contributed by atoms with Gasteiger partial charge >= 0.3 is 0 Å². The summed E-state index contributed by atoms with van der Waals surface area (Å²) in [5, 5.41) is 7.28. The van der Waals surface area contributed by atoms with Crippen LogP contribution in [-0.2, 0) is 17.9 Å². The van der Waals surface area contributed by atoms with E-state index in [1.165, 1.54) is 17.6 Å². The van der Waals surface area contributed by atoms with Crippen LogP contribution in [0.3, 0.4) is 0 Å². The fraction of sp³-hybridized carbons (Fsp3) is 0.211. The molecule has 0 bridgehead atoms. The standard InChI is InChI=1S/C19H19N3O4S/c1-13(18(23)20-9-15-5-4-8-25-15)22-19(24)16-6-2-3-7-17(16)26-10-14-11-27-12-21-14/h2-8,11-13H,9-10H2,1H3,(H,20,23)(H,22,24). The minimum Gasteiger partial charge on any atom is -0.486 e. The SMILES string of the molecule is CC(NC(=O)c1ccccc1OCc1cscn1)C(=O)NCc1ccco1. The van der Waals surface area contributed by atoms with Gasteiger partial charge in [-0.15, -0.1) is 11.3 Å². The second-order valence-corrected chi connectivity index (χ2v) is 6.48. The lowest BCUT2D eigenvalue weighted by atomic mass is 10.1. The highest BCUT2D eigenvalue weighted by molar-refractivity contribution is 7.07. The Balaban J connectivity index is 1.57. The number of benzene rings is 1. The topological polar surface area (TPSA) is 93.5 Å². The van der Waals surface area contributed by atoms with Crippen molar-refractivity contribution in [3.05, 3.63) is 70.6 Å². The van der Waals surface area contributed by atoms with Crippen LogP contribution in [0.1, 0.15) is 28.7 Å². The van der Waals surface area contributed by atoms with Crippen molar-refractivity contribution in [3.8, 4) is 5.75 Å². The third-order valence-corrected chi connectivity index (χ3v) is 4.38. The van der Waals surface area contributed by atoms with E-state index in [9.17, 15) is 9.59 Å². The summed E-state index contributed by atoms with van der Waals surface area (Å²) in [6.45, 7) is 2.15. The van der Waals surface area contributed by atoms with E-state index in [0.717, 1.165) is 5.69 Å². The molecule has 7 nitrogen and oxygen atoms in total. The first-order valence-corrected chi connectivity index (χ1v) is 9.27. The van der Waals surface area contributed by atoms with Crippen LogP contribution in [0.15, 0.2) is 58.0 Å². The fourth-order valence-corrected chi connectivity index (χ4v) is 2.86. The highest BCUT2D eigenvalue weighted by atomic mass is 32.1. The Hall–Kier alpha value is -3.13. The maximum Gasteiger partial charge on any atom is 0.255 e. The van der Waals surface area contributed by atoms with E-state index >= 15 is 0 Å². The summed E-state index contributed by atoms with van der Waals surface area (Å²) in [4.78, 5) is 28.9. The number of rotatable bonds is 8. The average molecular weight is 385 g/mol. The van der Waals surface area contributed by atoms with Gasteiger partial charge in [-0.25, -0.2) is 4.98 Å². The maximum atomic E-state index is 12.6. The highest BCUT2D eigenvalue weighted by Gasteiger charge is 2.19. The van der Waals surface area contributed by atoms with Crippen LogP contribution in [0.5, 0.6) is 5.75 Å². The van der Waals surface area contributed by atoms with E-state index in [1.54, 1.807) is 48.8 Å². The molecular formula is C19H19N3O4S. The van der Waals surface area contributed by atoms with Gasteiger partial charge in [-0.1, -0.05) is 12.1 Å². The summed E-state index contributed by atoms with van der Waals surface area (Å²) in [5.41, 5.74) is 2.87. The number of hydrogen-bond donors (Lipinski definition) is 2. The second-order valence-electron chi connectivity index (χ2n) is 5.76. The Morgan fingerprint density at radius 3 is 2.85 bits per heavy atom. The Morgan fingerprint density at radius 1 is 1.26 bits per heavy atom. The van der Waals surface area contributed by atoms with Gasteiger partial charge in [-0.3, -0.25) is 9.59 Å². The molecule has 0 aliphatic carbocycles. The molecule has 2 heterocycles. The number of para-hydroxylation sites is 1. The summed E-state index contributed by atoms with van der Waals surface area (Å²) in [7, 11) is 0. The predicted molar refractivity (Wildman–Crippen MR) is 100 cm³/mol. The molecule has 2 N–H and O–H groups in total. The zero-order valence-electron chi connectivity index (χ0n) is 14.7. The second kappa shape index (κ2) is 9.00. The number of ether oxygens (including phenoxy) is 1. The van der Waals surface area contributed by atoms with Crippen molar-refractivity contribution < 1.29 is 18.7 Å². The van der Waals surface area contributed by atoms with Crippen molar-refractivity contribution in [1.82, 2.24) is 15.6 Å². The third-order valence-electron chi connectivity index (χ3n) is 3.75. The van der Waals surface area contributed by atoms with Gasteiger partial charge in [0.25, 0.3) is 5.91 Å². The first-order valence-electron chi connectivity index (χ1n) is 8.33. The lowest BCUT2D eigenvalue weighted by Crippen LogP contribution is -2.44. The predicted octanol–water partition coefficient (Wildman–Crippen LogP) is 2.75. The summed E-state index contributed by atoms with van der Waals surface area (Å²) in [6.07, 6.45) is 1.54. The van der Waals surface area contributed by atoms with E-state index in [1.807, 2.05) is 5.38 Å². The van der Waals surface area contributed by atoms with Crippen LogP contribution >= 0.6 is 11.3 Å². The molecule has 140 valence electrons. The number of aromatic nitrogens is 1. The molecular weight excluding hydrogens is 366 g/mol. The molecule has 3 aromatic rings. The van der Waals surface area contributed by atoms with Gasteiger partial charge < -0.3 is 19.8 Å². The Kier molecular flexibility index (Phi) is 6.22. The first-order chi connectivity index (χ1) is 13.1. The molecule has 3 rings (SSSR count). The Morgan fingerprint density at radius 2 is 2.11 bits per heavy atom. The highest BCUT2D eigenvalue weighted by Crippen LogP contribution is 2.19. The number of furan rings is 1. The number of thiazole rings is 1. The molecule has 1 aromatic carbocycles. The minimum atomic E-state index is -0.709. The summed E-state index contributed by atoms with van der Waals surface area (Å²) in [5.74, 6) is 0.388. The van der Waals surface area contributed by atoms with Crippen molar-refractivity contribution in [1.29, 1.82) is 0 Å². The van der Waals surface area contributed by atoms with Crippen LogP contribution < -0.4 is 15.4 Å². The van der Waals surface area contributed by atoms with Crippen molar-refractivity contribution >= 4 is 23.2 Å². The van der Waals surface area contributed by atoms with Crippen molar-refractivity contribution in [2.45, 2.75) is 26.1 Å². The number of hydrogen-bond acceptors (Lipinski definition) is 6. The van der Waals surface area contributed by atoms with E-state index in [4.69, 9.17) is 9.15 Å². The molecule has 0 radical (unpaired) electrons. The van der Waals surface area contributed by atoms with E-state index in [2.05, 4.69) is 15.6 Å². The van der Waals surface area contributed by atoms with Gasteiger partial charge in [0.15, 0.2) is 0 Å². The number of nitrogens with one attached hydrogen (secondary N) is 2.